The molecule has 0 bridgehead atoms. The number of aliphatic hydroxyl groups is 2. The molecule has 58 heavy (non-hydrogen) atoms. The Labute approximate surface area is 361 Å². The standard InChI is InChI=1S/C52H101NO5/c1-3-5-7-9-11-13-15-17-18-19-20-21-23-24-28-32-36-40-44-50(55)49(48-54)53-51(56)45-41-37-33-29-26-27-31-35-39-43-47-58-52(57)46-42-38-34-30-25-22-16-14-12-10-8-6-4-2/h14,16,49-50,54-55H,3-13,15,17-48H2,1-2H3,(H,53,56)/b16-14-. The second-order valence-corrected chi connectivity index (χ2v) is 17.9. The molecule has 0 rings (SSSR count). The third-order valence-corrected chi connectivity index (χ3v) is 12.1. The number of esters is 1. The number of nitrogens with one attached hydrogen (secondary N) is 1. The molecule has 0 radical (unpaired) electrons. The molecule has 0 fully saturated rings. The van der Waals surface area contributed by atoms with Crippen molar-refractivity contribution in [3.05, 3.63) is 12.2 Å². The zero-order valence-corrected chi connectivity index (χ0v) is 39.0. The van der Waals surface area contributed by atoms with Crippen molar-refractivity contribution in [1.82, 2.24) is 5.32 Å². The number of aliphatic hydroxyl groups excluding tert-OH is 2. The minimum absolute atomic E-state index is 0.0275. The van der Waals surface area contributed by atoms with Gasteiger partial charge in [-0.15, -0.1) is 0 Å². The summed E-state index contributed by atoms with van der Waals surface area (Å²) < 4.78 is 5.44. The molecule has 0 aromatic heterocycles. The molecule has 0 aliphatic heterocycles. The van der Waals surface area contributed by atoms with Crippen LogP contribution < -0.4 is 5.32 Å². The molecule has 0 saturated carbocycles. The normalized spacial score (nSPS) is 12.7. The van der Waals surface area contributed by atoms with Crippen LogP contribution in [0, 0.1) is 0 Å². The summed E-state index contributed by atoms with van der Waals surface area (Å²) in [4.78, 5) is 24.5. The smallest absolute Gasteiger partial charge is 0.305 e. The van der Waals surface area contributed by atoms with Gasteiger partial charge in [0.05, 0.1) is 25.4 Å². The molecule has 344 valence electrons. The molecule has 6 heteroatoms. The first-order valence-electron chi connectivity index (χ1n) is 25.9. The van der Waals surface area contributed by atoms with Crippen molar-refractivity contribution in [1.29, 1.82) is 0 Å². The number of ether oxygens (including phenoxy) is 1. The largest absolute Gasteiger partial charge is 0.466 e. The monoisotopic (exact) mass is 820 g/mol. The Balaban J connectivity index is 3.48. The van der Waals surface area contributed by atoms with Gasteiger partial charge in [0.15, 0.2) is 0 Å². The average Bonchev–Trinajstić information content (AvgIpc) is 3.22. The molecule has 2 unspecified atom stereocenters. The number of unbranched alkanes of at least 4 members (excludes halogenated alkanes) is 35. The van der Waals surface area contributed by atoms with Crippen LogP contribution in [0.1, 0.15) is 284 Å². The number of carbonyl (C=O) groups is 2. The topological polar surface area (TPSA) is 95.9 Å². The number of amides is 1. The molecule has 1 amide bonds. The Kier molecular flexibility index (Phi) is 47.1. The third-order valence-electron chi connectivity index (χ3n) is 12.1. The van der Waals surface area contributed by atoms with Gasteiger partial charge in [-0.2, -0.15) is 0 Å². The molecular formula is C52H101NO5. The van der Waals surface area contributed by atoms with Gasteiger partial charge in [0.2, 0.25) is 5.91 Å². The van der Waals surface area contributed by atoms with Crippen LogP contribution in [-0.4, -0.2) is 47.4 Å². The van der Waals surface area contributed by atoms with Crippen molar-refractivity contribution in [2.75, 3.05) is 13.2 Å². The van der Waals surface area contributed by atoms with E-state index in [0.29, 0.717) is 25.9 Å². The highest BCUT2D eigenvalue weighted by atomic mass is 16.5. The zero-order valence-electron chi connectivity index (χ0n) is 39.0. The second kappa shape index (κ2) is 48.3. The second-order valence-electron chi connectivity index (χ2n) is 17.9. The van der Waals surface area contributed by atoms with E-state index in [2.05, 4.69) is 31.3 Å². The molecule has 0 aromatic carbocycles. The predicted molar refractivity (Wildman–Crippen MR) is 250 cm³/mol. The van der Waals surface area contributed by atoms with E-state index in [4.69, 9.17) is 4.74 Å². The van der Waals surface area contributed by atoms with Gasteiger partial charge < -0.3 is 20.3 Å². The summed E-state index contributed by atoms with van der Waals surface area (Å²) in [5.41, 5.74) is 0. The fourth-order valence-electron chi connectivity index (χ4n) is 8.05. The highest BCUT2D eigenvalue weighted by molar-refractivity contribution is 5.76. The van der Waals surface area contributed by atoms with Gasteiger partial charge in [0.25, 0.3) is 0 Å². The van der Waals surface area contributed by atoms with Crippen LogP contribution in [0.4, 0.5) is 0 Å². The van der Waals surface area contributed by atoms with Gasteiger partial charge in [-0.25, -0.2) is 0 Å². The molecule has 0 spiro atoms. The average molecular weight is 820 g/mol. The first-order chi connectivity index (χ1) is 28.5. The number of rotatable bonds is 48. The summed E-state index contributed by atoms with van der Waals surface area (Å²) in [5, 5.41) is 23.2. The van der Waals surface area contributed by atoms with Crippen molar-refractivity contribution >= 4 is 11.9 Å². The lowest BCUT2D eigenvalue weighted by Gasteiger charge is -2.22. The van der Waals surface area contributed by atoms with Crippen molar-refractivity contribution < 1.29 is 24.5 Å². The lowest BCUT2D eigenvalue weighted by molar-refractivity contribution is -0.143. The molecular weight excluding hydrogens is 719 g/mol. The molecule has 6 nitrogen and oxygen atoms in total. The van der Waals surface area contributed by atoms with Gasteiger partial charge in [-0.05, 0) is 51.4 Å². The van der Waals surface area contributed by atoms with Crippen LogP contribution in [0.25, 0.3) is 0 Å². The fourth-order valence-corrected chi connectivity index (χ4v) is 8.05. The third kappa shape index (κ3) is 44.2. The first kappa shape index (κ1) is 56.6. The van der Waals surface area contributed by atoms with E-state index in [0.717, 1.165) is 57.8 Å². The van der Waals surface area contributed by atoms with E-state index in [9.17, 15) is 19.8 Å². The molecule has 0 aliphatic rings. The lowest BCUT2D eigenvalue weighted by atomic mass is 10.0. The maximum absolute atomic E-state index is 12.5. The van der Waals surface area contributed by atoms with Gasteiger partial charge >= 0.3 is 5.97 Å². The molecule has 0 saturated heterocycles. The fraction of sp³-hybridized carbons (Fsp3) is 0.923. The minimum Gasteiger partial charge on any atom is -0.466 e. The van der Waals surface area contributed by atoms with E-state index in [-0.39, 0.29) is 18.5 Å². The number of hydrogen-bond donors (Lipinski definition) is 3. The van der Waals surface area contributed by atoms with E-state index >= 15 is 0 Å². The van der Waals surface area contributed by atoms with Crippen molar-refractivity contribution in [2.24, 2.45) is 0 Å². The highest BCUT2D eigenvalue weighted by Crippen LogP contribution is 2.17. The molecule has 0 aromatic rings. The van der Waals surface area contributed by atoms with E-state index in [1.54, 1.807) is 0 Å². The predicted octanol–water partition coefficient (Wildman–Crippen LogP) is 15.3. The van der Waals surface area contributed by atoms with E-state index in [1.165, 1.54) is 193 Å². The SMILES string of the molecule is CCCCCC/C=C\CCCCCCCC(=O)OCCCCCCCCCCCCC(=O)NC(CO)C(O)CCCCCCCCCCCCCCCCCCCC. The maximum Gasteiger partial charge on any atom is 0.305 e. The Morgan fingerprint density at radius 1 is 0.466 bits per heavy atom. The molecule has 3 N–H and O–H groups in total. The minimum atomic E-state index is -0.678. The Morgan fingerprint density at radius 2 is 0.810 bits per heavy atom. The lowest BCUT2D eigenvalue weighted by Crippen LogP contribution is -2.45. The van der Waals surface area contributed by atoms with Crippen LogP contribution in [0.2, 0.25) is 0 Å². The van der Waals surface area contributed by atoms with Gasteiger partial charge in [-0.3, -0.25) is 9.59 Å². The van der Waals surface area contributed by atoms with Crippen LogP contribution >= 0.6 is 0 Å². The quantitative estimate of drug-likeness (QED) is 0.0323. The summed E-state index contributed by atoms with van der Waals surface area (Å²) in [6.07, 6.45) is 54.6. The first-order valence-corrected chi connectivity index (χ1v) is 25.9. The Bertz CT molecular complexity index is 863. The Morgan fingerprint density at radius 3 is 1.24 bits per heavy atom. The molecule has 2 atom stereocenters. The van der Waals surface area contributed by atoms with E-state index < -0.39 is 12.1 Å². The highest BCUT2D eigenvalue weighted by Gasteiger charge is 2.20. The summed E-state index contributed by atoms with van der Waals surface area (Å²) in [6.45, 7) is 4.89. The number of allylic oxidation sites excluding steroid dienone is 2. The maximum atomic E-state index is 12.5. The van der Waals surface area contributed by atoms with Crippen LogP contribution in [0.3, 0.4) is 0 Å². The van der Waals surface area contributed by atoms with E-state index in [1.807, 2.05) is 0 Å². The van der Waals surface area contributed by atoms with Gasteiger partial charge in [0, 0.05) is 12.8 Å². The number of hydrogen-bond acceptors (Lipinski definition) is 5. The Hall–Kier alpha value is -1.40. The van der Waals surface area contributed by atoms with Crippen molar-refractivity contribution in [3.63, 3.8) is 0 Å². The van der Waals surface area contributed by atoms with Crippen molar-refractivity contribution in [3.8, 4) is 0 Å². The zero-order chi connectivity index (χ0) is 42.3. The van der Waals surface area contributed by atoms with Gasteiger partial charge in [-0.1, -0.05) is 231 Å². The van der Waals surface area contributed by atoms with Crippen LogP contribution in [0.15, 0.2) is 12.2 Å². The molecule has 0 aliphatic carbocycles. The summed E-state index contributed by atoms with van der Waals surface area (Å²) in [7, 11) is 0. The molecule has 0 heterocycles. The summed E-state index contributed by atoms with van der Waals surface area (Å²) >= 11 is 0. The number of carbonyl (C=O) groups excluding carboxylic acids is 2. The van der Waals surface area contributed by atoms with Crippen LogP contribution in [-0.2, 0) is 14.3 Å². The summed E-state index contributed by atoms with van der Waals surface area (Å²) in [6, 6.07) is -0.558. The van der Waals surface area contributed by atoms with Crippen LogP contribution in [0.5, 0.6) is 0 Å². The van der Waals surface area contributed by atoms with Crippen molar-refractivity contribution in [2.45, 2.75) is 296 Å². The summed E-state index contributed by atoms with van der Waals surface area (Å²) in [5.74, 6) is -0.0838. The van der Waals surface area contributed by atoms with Gasteiger partial charge in [0.1, 0.15) is 0 Å².